The Labute approximate surface area is 196 Å². The predicted octanol–water partition coefficient (Wildman–Crippen LogP) is 4.28. The van der Waals surface area contributed by atoms with Crippen LogP contribution in [-0.4, -0.2) is 34.8 Å². The summed E-state index contributed by atoms with van der Waals surface area (Å²) in [6, 6.07) is 25.1. The topological polar surface area (TPSA) is 94.0 Å². The van der Waals surface area contributed by atoms with Gasteiger partial charge in [-0.05, 0) is 42.8 Å². The van der Waals surface area contributed by atoms with E-state index in [0.717, 1.165) is 16.9 Å². The zero-order valence-corrected chi connectivity index (χ0v) is 19.5. The highest BCUT2D eigenvalue weighted by molar-refractivity contribution is 7.99. The lowest BCUT2D eigenvalue weighted by Gasteiger charge is -2.11. The van der Waals surface area contributed by atoms with Gasteiger partial charge in [-0.3, -0.25) is 9.36 Å². The van der Waals surface area contributed by atoms with E-state index in [0.29, 0.717) is 5.16 Å². The first kappa shape index (κ1) is 22.8. The minimum Gasteiger partial charge on any atom is -0.325 e. The Morgan fingerprint density at radius 2 is 1.55 bits per heavy atom. The van der Waals surface area contributed by atoms with Crippen LogP contribution in [0.25, 0.3) is 5.69 Å². The second-order valence-corrected chi connectivity index (χ2v) is 10.2. The van der Waals surface area contributed by atoms with E-state index in [1.54, 1.807) is 34.9 Å². The van der Waals surface area contributed by atoms with Crippen molar-refractivity contribution in [3.05, 3.63) is 96.3 Å². The summed E-state index contributed by atoms with van der Waals surface area (Å²) in [4.78, 5) is 12.7. The highest BCUT2D eigenvalue weighted by atomic mass is 32.2. The normalized spacial score (nSPS) is 11.3. The molecule has 0 unspecified atom stereocenters. The maximum atomic E-state index is 12.9. The van der Waals surface area contributed by atoms with Crippen LogP contribution in [0, 0.1) is 6.92 Å². The summed E-state index contributed by atoms with van der Waals surface area (Å²) in [5.41, 5.74) is 2.45. The number of aromatic nitrogens is 3. The van der Waals surface area contributed by atoms with E-state index in [1.807, 2.05) is 61.5 Å². The van der Waals surface area contributed by atoms with Crippen molar-refractivity contribution in [3.63, 3.8) is 0 Å². The predicted molar refractivity (Wildman–Crippen MR) is 129 cm³/mol. The largest absolute Gasteiger partial charge is 0.325 e. The third-order valence-corrected chi connectivity index (χ3v) is 7.45. The summed E-state index contributed by atoms with van der Waals surface area (Å²) in [7, 11) is -3.62. The van der Waals surface area contributed by atoms with Gasteiger partial charge in [-0.2, -0.15) is 0 Å². The molecule has 9 heteroatoms. The molecule has 7 nitrogen and oxygen atoms in total. The number of para-hydroxylation sites is 2. The summed E-state index contributed by atoms with van der Waals surface area (Å²) in [5, 5.41) is 11.7. The van der Waals surface area contributed by atoms with Gasteiger partial charge in [0.1, 0.15) is 5.75 Å². The number of sulfone groups is 1. The van der Waals surface area contributed by atoms with Crippen LogP contribution < -0.4 is 5.32 Å². The van der Waals surface area contributed by atoms with Gasteiger partial charge in [0.15, 0.2) is 20.8 Å². The van der Waals surface area contributed by atoms with Crippen molar-refractivity contribution in [2.75, 3.05) is 11.1 Å². The van der Waals surface area contributed by atoms with E-state index >= 15 is 0 Å². The van der Waals surface area contributed by atoms with Crippen LogP contribution in [0.3, 0.4) is 0 Å². The second-order valence-electron chi connectivity index (χ2n) is 7.29. The third-order valence-electron chi connectivity index (χ3n) is 4.89. The molecule has 4 aromatic rings. The number of anilines is 1. The maximum absolute atomic E-state index is 12.9. The zero-order chi connectivity index (χ0) is 23.3. The van der Waals surface area contributed by atoms with Crippen molar-refractivity contribution in [3.8, 4) is 5.69 Å². The first-order valence-corrected chi connectivity index (χ1v) is 12.8. The molecule has 0 saturated heterocycles. The average molecular weight is 479 g/mol. The van der Waals surface area contributed by atoms with Gasteiger partial charge in [0, 0.05) is 11.4 Å². The highest BCUT2D eigenvalue weighted by Crippen LogP contribution is 2.25. The molecule has 0 saturated carbocycles. The first-order chi connectivity index (χ1) is 15.9. The van der Waals surface area contributed by atoms with Crippen LogP contribution in [0.4, 0.5) is 5.69 Å². The van der Waals surface area contributed by atoms with E-state index in [2.05, 4.69) is 15.5 Å². The molecule has 0 fully saturated rings. The lowest BCUT2D eigenvalue weighted by atomic mass is 10.2. The van der Waals surface area contributed by atoms with Crippen molar-refractivity contribution in [2.45, 2.75) is 22.7 Å². The number of nitrogens with zero attached hydrogens (tertiary/aromatic N) is 3. The molecule has 1 amide bonds. The molecular weight excluding hydrogens is 456 g/mol. The minimum atomic E-state index is -3.62. The van der Waals surface area contributed by atoms with Gasteiger partial charge in [-0.25, -0.2) is 8.42 Å². The maximum Gasteiger partial charge on any atom is 0.234 e. The van der Waals surface area contributed by atoms with E-state index in [-0.39, 0.29) is 28.1 Å². The molecule has 0 bridgehead atoms. The Morgan fingerprint density at radius 3 is 2.24 bits per heavy atom. The Balaban J connectivity index is 1.58. The third kappa shape index (κ3) is 5.50. The van der Waals surface area contributed by atoms with Gasteiger partial charge < -0.3 is 5.32 Å². The lowest BCUT2D eigenvalue weighted by Crippen LogP contribution is -2.15. The van der Waals surface area contributed by atoms with Crippen LogP contribution in [-0.2, 0) is 20.4 Å². The smallest absolute Gasteiger partial charge is 0.234 e. The van der Waals surface area contributed by atoms with Crippen LogP contribution in [0.1, 0.15) is 11.4 Å². The molecule has 33 heavy (non-hydrogen) atoms. The van der Waals surface area contributed by atoms with E-state index in [9.17, 15) is 13.2 Å². The number of nitrogens with one attached hydrogen (secondary N) is 1. The standard InChI is InChI=1S/C24H22N4O3S2/c1-18-10-8-9-15-21(18)25-23(29)16-32-24-27-26-22(28(24)19-11-4-2-5-12-19)17-33(30,31)20-13-6-3-7-14-20/h2-15H,16-17H2,1H3,(H,25,29). The van der Waals surface area contributed by atoms with Crippen LogP contribution in [0.15, 0.2) is 95.0 Å². The molecule has 3 aromatic carbocycles. The number of carbonyl (C=O) groups excluding carboxylic acids is 1. The molecule has 168 valence electrons. The monoisotopic (exact) mass is 478 g/mol. The molecule has 0 radical (unpaired) electrons. The van der Waals surface area contributed by atoms with Crippen molar-refractivity contribution in [1.29, 1.82) is 0 Å². The van der Waals surface area contributed by atoms with Crippen molar-refractivity contribution in [2.24, 2.45) is 0 Å². The quantitative estimate of drug-likeness (QED) is 0.380. The van der Waals surface area contributed by atoms with E-state index < -0.39 is 9.84 Å². The number of hydrogen-bond donors (Lipinski definition) is 1. The Bertz CT molecular complexity index is 1350. The van der Waals surface area contributed by atoms with Gasteiger partial charge in [-0.1, -0.05) is 66.4 Å². The van der Waals surface area contributed by atoms with Crippen LogP contribution in [0.5, 0.6) is 0 Å². The number of hydrogen-bond acceptors (Lipinski definition) is 6. The molecule has 0 spiro atoms. The van der Waals surface area contributed by atoms with Crippen LogP contribution in [0.2, 0.25) is 0 Å². The Hall–Kier alpha value is -3.43. The summed E-state index contributed by atoms with van der Waals surface area (Å²) in [6.07, 6.45) is 0. The molecule has 0 aliphatic carbocycles. The van der Waals surface area contributed by atoms with Crippen molar-refractivity contribution < 1.29 is 13.2 Å². The number of aryl methyl sites for hydroxylation is 1. The molecule has 1 aromatic heterocycles. The number of carbonyl (C=O) groups is 1. The minimum absolute atomic E-state index is 0.102. The molecule has 4 rings (SSSR count). The summed E-state index contributed by atoms with van der Waals surface area (Å²) in [5.74, 6) is -0.109. The number of amides is 1. The van der Waals surface area contributed by atoms with E-state index in [1.165, 1.54) is 11.8 Å². The highest BCUT2D eigenvalue weighted by Gasteiger charge is 2.23. The molecule has 1 heterocycles. The Kier molecular flexibility index (Phi) is 6.90. The lowest BCUT2D eigenvalue weighted by molar-refractivity contribution is -0.113. The molecule has 1 N–H and O–H groups in total. The van der Waals surface area contributed by atoms with Gasteiger partial charge in [0.25, 0.3) is 0 Å². The fourth-order valence-electron chi connectivity index (χ4n) is 3.23. The SMILES string of the molecule is Cc1ccccc1NC(=O)CSc1nnc(CS(=O)(=O)c2ccccc2)n1-c1ccccc1. The summed E-state index contributed by atoms with van der Waals surface area (Å²) >= 11 is 1.20. The van der Waals surface area contributed by atoms with Gasteiger partial charge in [0.2, 0.25) is 5.91 Å². The van der Waals surface area contributed by atoms with Gasteiger partial charge in [-0.15, -0.1) is 10.2 Å². The molecule has 0 aliphatic heterocycles. The molecule has 0 atom stereocenters. The van der Waals surface area contributed by atoms with Gasteiger partial charge in [0.05, 0.1) is 10.6 Å². The second kappa shape index (κ2) is 10.0. The number of rotatable bonds is 8. The Morgan fingerprint density at radius 1 is 0.909 bits per heavy atom. The molecular formula is C24H22N4O3S2. The van der Waals surface area contributed by atoms with E-state index in [4.69, 9.17) is 0 Å². The molecule has 0 aliphatic rings. The first-order valence-electron chi connectivity index (χ1n) is 10.2. The van der Waals surface area contributed by atoms with Crippen molar-refractivity contribution >= 4 is 33.2 Å². The number of thioether (sulfide) groups is 1. The fraction of sp³-hybridized carbons (Fsp3) is 0.125. The van der Waals surface area contributed by atoms with Gasteiger partial charge >= 0.3 is 0 Å². The zero-order valence-electron chi connectivity index (χ0n) is 17.9. The fourth-order valence-corrected chi connectivity index (χ4v) is 5.27. The average Bonchev–Trinajstić information content (AvgIpc) is 3.22. The van der Waals surface area contributed by atoms with Crippen LogP contribution >= 0.6 is 11.8 Å². The summed E-state index contributed by atoms with van der Waals surface area (Å²) in [6.45, 7) is 1.92. The number of benzene rings is 3. The van der Waals surface area contributed by atoms with Crippen molar-refractivity contribution in [1.82, 2.24) is 14.8 Å². The summed E-state index contributed by atoms with van der Waals surface area (Å²) < 4.78 is 27.6.